The lowest BCUT2D eigenvalue weighted by Gasteiger charge is -2.08. The van der Waals surface area contributed by atoms with Gasteiger partial charge in [-0.15, -0.1) is 11.6 Å². The van der Waals surface area contributed by atoms with Crippen molar-refractivity contribution in [2.75, 3.05) is 0 Å². The maximum Gasteiger partial charge on any atom is 0.0336 e. The molecule has 1 aromatic rings. The second-order valence-corrected chi connectivity index (χ2v) is 5.39. The minimum absolute atomic E-state index is 0.371. The molecule has 1 heteroatoms. The van der Waals surface area contributed by atoms with Crippen LogP contribution in [-0.2, 0) is 6.42 Å². The molecule has 0 saturated carbocycles. The van der Waals surface area contributed by atoms with E-state index in [0.29, 0.717) is 5.38 Å². The van der Waals surface area contributed by atoms with E-state index in [1.54, 1.807) is 0 Å². The summed E-state index contributed by atoms with van der Waals surface area (Å²) in [6, 6.07) is 6.80. The van der Waals surface area contributed by atoms with Crippen LogP contribution < -0.4 is 0 Å². The molecule has 0 radical (unpaired) electrons. The highest BCUT2D eigenvalue weighted by atomic mass is 35.5. The molecule has 1 unspecified atom stereocenters. The SMILES string of the molecule is CCCC(Cl)CCCc1cc(C)cc(C)c1. The van der Waals surface area contributed by atoms with Crippen LogP contribution in [0.25, 0.3) is 0 Å². The predicted octanol–water partition coefficient (Wildman–Crippen LogP) is 5.03. The third-order valence-electron chi connectivity index (χ3n) is 2.87. The molecule has 0 N–H and O–H groups in total. The predicted molar refractivity (Wildman–Crippen MR) is 73.4 cm³/mol. The Morgan fingerprint density at radius 3 is 2.25 bits per heavy atom. The van der Waals surface area contributed by atoms with E-state index < -0.39 is 0 Å². The number of benzene rings is 1. The van der Waals surface area contributed by atoms with Gasteiger partial charge in [0.1, 0.15) is 0 Å². The van der Waals surface area contributed by atoms with E-state index in [0.717, 1.165) is 19.3 Å². The first-order valence-electron chi connectivity index (χ1n) is 6.33. The van der Waals surface area contributed by atoms with Crippen molar-refractivity contribution in [2.24, 2.45) is 0 Å². The van der Waals surface area contributed by atoms with E-state index in [9.17, 15) is 0 Å². The van der Waals surface area contributed by atoms with Gasteiger partial charge < -0.3 is 0 Å². The van der Waals surface area contributed by atoms with Crippen molar-refractivity contribution in [1.82, 2.24) is 0 Å². The summed E-state index contributed by atoms with van der Waals surface area (Å²) >= 11 is 6.21. The molecule has 1 atom stereocenters. The molecule has 0 heterocycles. The Hall–Kier alpha value is -0.490. The van der Waals surface area contributed by atoms with Crippen molar-refractivity contribution in [1.29, 1.82) is 0 Å². The van der Waals surface area contributed by atoms with Gasteiger partial charge in [-0.25, -0.2) is 0 Å². The molecule has 90 valence electrons. The molecule has 1 rings (SSSR count). The lowest BCUT2D eigenvalue weighted by atomic mass is 10.0. The molecule has 16 heavy (non-hydrogen) atoms. The minimum atomic E-state index is 0.371. The number of hydrogen-bond acceptors (Lipinski definition) is 0. The first-order valence-corrected chi connectivity index (χ1v) is 6.76. The van der Waals surface area contributed by atoms with Crippen molar-refractivity contribution in [3.8, 4) is 0 Å². The first kappa shape index (κ1) is 13.6. The summed E-state index contributed by atoms with van der Waals surface area (Å²) in [5.74, 6) is 0. The van der Waals surface area contributed by atoms with E-state index in [1.165, 1.54) is 29.5 Å². The quantitative estimate of drug-likeness (QED) is 0.610. The van der Waals surface area contributed by atoms with E-state index in [2.05, 4.69) is 39.0 Å². The van der Waals surface area contributed by atoms with E-state index >= 15 is 0 Å². The molecule has 0 aliphatic heterocycles. The average molecular weight is 239 g/mol. The molecule has 0 aliphatic carbocycles. The summed E-state index contributed by atoms with van der Waals surface area (Å²) in [4.78, 5) is 0. The van der Waals surface area contributed by atoms with Gasteiger partial charge in [0.2, 0.25) is 0 Å². The summed E-state index contributed by atoms with van der Waals surface area (Å²) in [7, 11) is 0. The first-order chi connectivity index (χ1) is 7.61. The standard InChI is InChI=1S/C15H23Cl/c1-4-6-15(16)8-5-7-14-10-12(2)9-13(3)11-14/h9-11,15H,4-8H2,1-3H3. The lowest BCUT2D eigenvalue weighted by molar-refractivity contribution is 0.640. The number of alkyl halides is 1. The van der Waals surface area contributed by atoms with Crippen molar-refractivity contribution < 1.29 is 0 Å². The normalized spacial score (nSPS) is 12.8. The van der Waals surface area contributed by atoms with Crippen LogP contribution in [0, 0.1) is 13.8 Å². The van der Waals surface area contributed by atoms with Gasteiger partial charge in [-0.1, -0.05) is 42.7 Å². The van der Waals surface area contributed by atoms with Crippen molar-refractivity contribution >= 4 is 11.6 Å². The largest absolute Gasteiger partial charge is 0.123 e. The van der Waals surface area contributed by atoms with Gasteiger partial charge in [-0.05, 0) is 45.1 Å². The monoisotopic (exact) mass is 238 g/mol. The molecule has 1 aromatic carbocycles. The molecular formula is C15H23Cl. The fourth-order valence-corrected chi connectivity index (χ4v) is 2.57. The zero-order valence-electron chi connectivity index (χ0n) is 10.7. The van der Waals surface area contributed by atoms with Crippen LogP contribution in [0.3, 0.4) is 0 Å². The molecule has 0 fully saturated rings. The summed E-state index contributed by atoms with van der Waals surface area (Å²) in [6.07, 6.45) is 5.85. The number of hydrogen-bond donors (Lipinski definition) is 0. The average Bonchev–Trinajstić information content (AvgIpc) is 2.16. The number of halogens is 1. The maximum absolute atomic E-state index is 6.21. The van der Waals surface area contributed by atoms with Crippen molar-refractivity contribution in [3.05, 3.63) is 34.9 Å². The molecule has 0 bridgehead atoms. The zero-order valence-corrected chi connectivity index (χ0v) is 11.5. The Morgan fingerprint density at radius 1 is 1.06 bits per heavy atom. The molecule has 0 spiro atoms. The minimum Gasteiger partial charge on any atom is -0.123 e. The van der Waals surface area contributed by atoms with Crippen LogP contribution in [0.15, 0.2) is 18.2 Å². The van der Waals surface area contributed by atoms with Crippen LogP contribution in [-0.4, -0.2) is 5.38 Å². The van der Waals surface area contributed by atoms with Crippen LogP contribution in [0.4, 0.5) is 0 Å². The molecule has 0 aliphatic rings. The van der Waals surface area contributed by atoms with Gasteiger partial charge in [-0.3, -0.25) is 0 Å². The van der Waals surface area contributed by atoms with Gasteiger partial charge in [0.15, 0.2) is 0 Å². The van der Waals surface area contributed by atoms with E-state index in [-0.39, 0.29) is 0 Å². The topological polar surface area (TPSA) is 0 Å². The summed E-state index contributed by atoms with van der Waals surface area (Å²) in [5, 5.41) is 0.371. The molecule has 0 amide bonds. The Bertz CT molecular complexity index is 297. The number of aryl methyl sites for hydroxylation is 3. The fraction of sp³-hybridized carbons (Fsp3) is 0.600. The molecule has 0 nitrogen and oxygen atoms in total. The van der Waals surface area contributed by atoms with Crippen LogP contribution in [0.2, 0.25) is 0 Å². The summed E-state index contributed by atoms with van der Waals surface area (Å²) < 4.78 is 0. The van der Waals surface area contributed by atoms with Crippen LogP contribution in [0.1, 0.15) is 49.3 Å². The third-order valence-corrected chi connectivity index (χ3v) is 3.30. The van der Waals surface area contributed by atoms with Crippen LogP contribution in [0.5, 0.6) is 0 Å². The second kappa shape index (κ2) is 6.96. The Morgan fingerprint density at radius 2 is 1.69 bits per heavy atom. The molecule has 0 saturated heterocycles. The summed E-state index contributed by atoms with van der Waals surface area (Å²) in [5.41, 5.74) is 4.19. The highest BCUT2D eigenvalue weighted by Gasteiger charge is 2.03. The Balaban J connectivity index is 2.37. The van der Waals surface area contributed by atoms with E-state index in [4.69, 9.17) is 11.6 Å². The lowest BCUT2D eigenvalue weighted by Crippen LogP contribution is -1.99. The maximum atomic E-state index is 6.21. The van der Waals surface area contributed by atoms with Gasteiger partial charge in [-0.2, -0.15) is 0 Å². The van der Waals surface area contributed by atoms with Gasteiger partial charge in [0.25, 0.3) is 0 Å². The van der Waals surface area contributed by atoms with Crippen LogP contribution >= 0.6 is 11.6 Å². The second-order valence-electron chi connectivity index (χ2n) is 4.77. The van der Waals surface area contributed by atoms with Gasteiger partial charge >= 0.3 is 0 Å². The zero-order chi connectivity index (χ0) is 12.0. The summed E-state index contributed by atoms with van der Waals surface area (Å²) in [6.45, 7) is 6.52. The molecule has 0 aromatic heterocycles. The highest BCUT2D eigenvalue weighted by Crippen LogP contribution is 2.16. The Kier molecular flexibility index (Phi) is 5.90. The van der Waals surface area contributed by atoms with Crippen molar-refractivity contribution in [2.45, 2.75) is 58.3 Å². The third kappa shape index (κ3) is 5.03. The Labute approximate surface area is 105 Å². The van der Waals surface area contributed by atoms with Crippen molar-refractivity contribution in [3.63, 3.8) is 0 Å². The fourth-order valence-electron chi connectivity index (χ4n) is 2.20. The highest BCUT2D eigenvalue weighted by molar-refractivity contribution is 6.20. The molecular weight excluding hydrogens is 216 g/mol. The number of rotatable bonds is 6. The van der Waals surface area contributed by atoms with Gasteiger partial charge in [0, 0.05) is 5.38 Å². The smallest absolute Gasteiger partial charge is 0.0336 e. The van der Waals surface area contributed by atoms with E-state index in [1.807, 2.05) is 0 Å². The van der Waals surface area contributed by atoms with Gasteiger partial charge in [0.05, 0.1) is 0 Å².